The maximum Gasteiger partial charge on any atom is 0.315 e. The van der Waals surface area contributed by atoms with E-state index in [-0.39, 0.29) is 24.2 Å². The highest BCUT2D eigenvalue weighted by Gasteiger charge is 2.63. The Bertz CT molecular complexity index is 779. The number of urea groups is 1. The van der Waals surface area contributed by atoms with Gasteiger partial charge in [-0.25, -0.2) is 4.79 Å². The predicted octanol–water partition coefficient (Wildman–Crippen LogP) is 3.45. The second-order valence-electron chi connectivity index (χ2n) is 7.82. The smallest absolute Gasteiger partial charge is 0.315 e. The molecule has 0 aromatic heterocycles. The average Bonchev–Trinajstić information content (AvgIpc) is 3.29. The molecule has 0 spiro atoms. The number of fused-ring (bicyclic) bond motifs is 5. The Kier molecular flexibility index (Phi) is 3.93. The zero-order valence-corrected chi connectivity index (χ0v) is 14.7. The van der Waals surface area contributed by atoms with Gasteiger partial charge in [0.25, 0.3) is 0 Å². The van der Waals surface area contributed by atoms with Gasteiger partial charge in [0.05, 0.1) is 24.3 Å². The second kappa shape index (κ2) is 6.44. The molecule has 4 heteroatoms. The molecule has 3 aliphatic rings. The Hall–Kier alpha value is -2.33. The van der Waals surface area contributed by atoms with Crippen molar-refractivity contribution in [2.75, 3.05) is 0 Å². The minimum atomic E-state index is -0.0897. The maximum absolute atomic E-state index is 12.7. The lowest BCUT2D eigenvalue weighted by Gasteiger charge is -2.24. The summed E-state index contributed by atoms with van der Waals surface area (Å²) in [6.45, 7) is 0. The van der Waals surface area contributed by atoms with E-state index in [1.54, 1.807) is 0 Å². The molecule has 1 saturated carbocycles. The van der Waals surface area contributed by atoms with E-state index < -0.39 is 0 Å². The number of carbonyl (C=O) groups excluding carboxylic acids is 1. The summed E-state index contributed by atoms with van der Waals surface area (Å²) in [5.74, 6) is 1.46. The van der Waals surface area contributed by atoms with Crippen LogP contribution in [0, 0.1) is 11.8 Å². The van der Waals surface area contributed by atoms with E-state index in [2.05, 4.69) is 34.9 Å². The SMILES string of the molecule is O=C(NC(Cc1ccccc1)c1ccccc1)N[C@@H]1C[C@@H]2O[C@H]1[C@H]1C[C@H]12. The third-order valence-corrected chi connectivity index (χ3v) is 6.11. The summed E-state index contributed by atoms with van der Waals surface area (Å²) in [6, 6.07) is 20.5. The number of hydrogen-bond donors (Lipinski definition) is 2. The Morgan fingerprint density at radius 2 is 1.73 bits per heavy atom. The Balaban J connectivity index is 1.27. The van der Waals surface area contributed by atoms with Crippen LogP contribution in [0.4, 0.5) is 4.79 Å². The Morgan fingerprint density at radius 1 is 1.00 bits per heavy atom. The number of nitrogens with one attached hydrogen (secondary N) is 2. The maximum atomic E-state index is 12.7. The van der Waals surface area contributed by atoms with Crippen molar-refractivity contribution in [2.45, 2.75) is 43.6 Å². The number of hydrogen-bond acceptors (Lipinski definition) is 2. The minimum Gasteiger partial charge on any atom is -0.372 e. The van der Waals surface area contributed by atoms with Gasteiger partial charge in [0, 0.05) is 0 Å². The molecule has 0 radical (unpaired) electrons. The van der Waals surface area contributed by atoms with Gasteiger partial charge in [0.2, 0.25) is 0 Å². The summed E-state index contributed by atoms with van der Waals surface area (Å²) in [4.78, 5) is 12.7. The van der Waals surface area contributed by atoms with Crippen LogP contribution in [-0.2, 0) is 11.2 Å². The lowest BCUT2D eigenvalue weighted by Crippen LogP contribution is -2.48. The van der Waals surface area contributed by atoms with Crippen LogP contribution in [-0.4, -0.2) is 24.3 Å². The van der Waals surface area contributed by atoms with E-state index in [4.69, 9.17) is 4.74 Å². The molecule has 2 aromatic carbocycles. The molecule has 134 valence electrons. The molecule has 5 rings (SSSR count). The average molecular weight is 348 g/mol. The van der Waals surface area contributed by atoms with Gasteiger partial charge in [-0.1, -0.05) is 60.7 Å². The van der Waals surface area contributed by atoms with Gasteiger partial charge >= 0.3 is 6.03 Å². The fraction of sp³-hybridized carbons (Fsp3) is 0.409. The highest BCUT2D eigenvalue weighted by Crippen LogP contribution is 2.58. The molecule has 3 fully saturated rings. The van der Waals surface area contributed by atoms with E-state index in [0.717, 1.165) is 24.3 Å². The summed E-state index contributed by atoms with van der Waals surface area (Å²) in [6.07, 6.45) is 3.64. The topological polar surface area (TPSA) is 50.4 Å². The highest BCUT2D eigenvalue weighted by molar-refractivity contribution is 5.75. The molecule has 2 heterocycles. The van der Waals surface area contributed by atoms with Crippen LogP contribution in [0.1, 0.15) is 30.0 Å². The van der Waals surface area contributed by atoms with Gasteiger partial charge in [-0.15, -0.1) is 0 Å². The number of benzene rings is 2. The predicted molar refractivity (Wildman–Crippen MR) is 99.7 cm³/mol. The van der Waals surface area contributed by atoms with Crippen LogP contribution in [0.5, 0.6) is 0 Å². The summed E-state index contributed by atoms with van der Waals surface area (Å²) < 4.78 is 5.99. The molecule has 2 aliphatic heterocycles. The van der Waals surface area contributed by atoms with Gasteiger partial charge in [0.1, 0.15) is 0 Å². The summed E-state index contributed by atoms with van der Waals surface area (Å²) >= 11 is 0. The van der Waals surface area contributed by atoms with Crippen molar-refractivity contribution < 1.29 is 9.53 Å². The molecule has 2 amide bonds. The molecule has 2 saturated heterocycles. The first kappa shape index (κ1) is 15.9. The lowest BCUT2D eigenvalue weighted by atomic mass is 9.95. The van der Waals surface area contributed by atoms with E-state index in [0.29, 0.717) is 12.0 Å². The minimum absolute atomic E-state index is 0.0493. The lowest BCUT2D eigenvalue weighted by molar-refractivity contribution is 0.0665. The highest BCUT2D eigenvalue weighted by atomic mass is 16.5. The van der Waals surface area contributed by atoms with Crippen LogP contribution in [0.3, 0.4) is 0 Å². The summed E-state index contributed by atoms with van der Waals surface area (Å²) in [5, 5.41) is 6.37. The molecule has 2 aromatic rings. The third-order valence-electron chi connectivity index (χ3n) is 6.11. The van der Waals surface area contributed by atoms with Crippen LogP contribution in [0.25, 0.3) is 0 Å². The van der Waals surface area contributed by atoms with Crippen molar-refractivity contribution in [1.29, 1.82) is 0 Å². The molecular formula is C22H24N2O2. The molecule has 26 heavy (non-hydrogen) atoms. The molecule has 4 nitrogen and oxygen atoms in total. The van der Waals surface area contributed by atoms with Gasteiger partial charge in [-0.2, -0.15) is 0 Å². The zero-order valence-electron chi connectivity index (χ0n) is 14.7. The number of ether oxygens (including phenoxy) is 1. The van der Waals surface area contributed by atoms with Crippen molar-refractivity contribution in [2.24, 2.45) is 11.8 Å². The normalized spacial score (nSPS) is 31.9. The zero-order chi connectivity index (χ0) is 17.5. The molecule has 2 N–H and O–H groups in total. The van der Waals surface area contributed by atoms with Crippen LogP contribution >= 0.6 is 0 Å². The standard InChI is InChI=1S/C22H24N2O2/c25-22(24-19-13-20-16-12-17(16)21(19)26-20)23-18(15-9-5-2-6-10-15)11-14-7-3-1-4-8-14/h1-10,16-21H,11-13H2,(H2,23,24,25)/t16-,17+,18?,19-,20+,21+/m1/s1. The van der Waals surface area contributed by atoms with E-state index in [1.807, 2.05) is 36.4 Å². The number of amides is 2. The molecule has 2 bridgehead atoms. The largest absolute Gasteiger partial charge is 0.372 e. The molecular weight excluding hydrogens is 324 g/mol. The number of rotatable bonds is 5. The second-order valence-corrected chi connectivity index (χ2v) is 7.82. The van der Waals surface area contributed by atoms with Crippen LogP contribution in [0.15, 0.2) is 60.7 Å². The van der Waals surface area contributed by atoms with E-state index >= 15 is 0 Å². The molecule has 6 atom stereocenters. The van der Waals surface area contributed by atoms with Crippen LogP contribution in [0.2, 0.25) is 0 Å². The van der Waals surface area contributed by atoms with E-state index in [1.165, 1.54) is 12.0 Å². The third kappa shape index (κ3) is 2.99. The van der Waals surface area contributed by atoms with Crippen molar-refractivity contribution in [3.05, 3.63) is 71.8 Å². The first-order valence-electron chi connectivity index (χ1n) is 9.59. The van der Waals surface area contributed by atoms with Gasteiger partial charge in [-0.3, -0.25) is 0 Å². The Labute approximate surface area is 153 Å². The van der Waals surface area contributed by atoms with Crippen molar-refractivity contribution in [1.82, 2.24) is 10.6 Å². The monoisotopic (exact) mass is 348 g/mol. The van der Waals surface area contributed by atoms with Crippen molar-refractivity contribution in [3.8, 4) is 0 Å². The van der Waals surface area contributed by atoms with Crippen LogP contribution < -0.4 is 10.6 Å². The summed E-state index contributed by atoms with van der Waals surface area (Å²) in [5.41, 5.74) is 2.34. The molecule has 1 aliphatic carbocycles. The molecule has 1 unspecified atom stereocenters. The van der Waals surface area contributed by atoms with E-state index in [9.17, 15) is 4.79 Å². The Morgan fingerprint density at radius 3 is 2.42 bits per heavy atom. The number of carbonyl (C=O) groups is 1. The quantitative estimate of drug-likeness (QED) is 0.870. The first-order chi connectivity index (χ1) is 12.8. The van der Waals surface area contributed by atoms with Gasteiger partial charge in [0.15, 0.2) is 0 Å². The van der Waals surface area contributed by atoms with Crippen molar-refractivity contribution in [3.63, 3.8) is 0 Å². The fourth-order valence-electron chi connectivity index (χ4n) is 4.75. The van der Waals surface area contributed by atoms with Gasteiger partial charge < -0.3 is 15.4 Å². The summed E-state index contributed by atoms with van der Waals surface area (Å²) in [7, 11) is 0. The van der Waals surface area contributed by atoms with Crippen molar-refractivity contribution >= 4 is 6.03 Å². The van der Waals surface area contributed by atoms with Gasteiger partial charge in [-0.05, 0) is 42.2 Å². The fourth-order valence-corrected chi connectivity index (χ4v) is 4.75. The first-order valence-corrected chi connectivity index (χ1v) is 9.59.